The molecule has 26 heavy (non-hydrogen) atoms. The lowest BCUT2D eigenvalue weighted by molar-refractivity contribution is -0.116. The van der Waals surface area contributed by atoms with E-state index in [0.29, 0.717) is 0 Å². The summed E-state index contributed by atoms with van der Waals surface area (Å²) in [6.45, 7) is 5.89. The Kier molecular flexibility index (Phi) is 6.56. The van der Waals surface area contributed by atoms with Crippen LogP contribution in [0.25, 0.3) is 0 Å². The van der Waals surface area contributed by atoms with E-state index in [0.717, 1.165) is 22.4 Å². The van der Waals surface area contributed by atoms with E-state index in [4.69, 9.17) is 0 Å². The summed E-state index contributed by atoms with van der Waals surface area (Å²) in [5, 5.41) is 2.86. The number of benzene rings is 2. The molecule has 5 nitrogen and oxygen atoms in total. The minimum Gasteiger partial charge on any atom is -0.326 e. The summed E-state index contributed by atoms with van der Waals surface area (Å²) in [4.78, 5) is 12.3. The summed E-state index contributed by atoms with van der Waals surface area (Å²) < 4.78 is 25.8. The second-order valence-corrected chi connectivity index (χ2v) is 8.51. The average Bonchev–Trinajstić information content (AvgIpc) is 2.57. The van der Waals surface area contributed by atoms with Crippen LogP contribution in [0, 0.1) is 13.8 Å². The summed E-state index contributed by atoms with van der Waals surface area (Å²) in [5.74, 6) is -0.203. The van der Waals surface area contributed by atoms with Crippen LogP contribution in [0.2, 0.25) is 0 Å². The smallest absolute Gasteiger partial charge is 0.225 e. The second-order valence-electron chi connectivity index (χ2n) is 6.58. The molecule has 0 heterocycles. The van der Waals surface area contributed by atoms with Gasteiger partial charge in [-0.1, -0.05) is 48.0 Å². The maximum atomic E-state index is 12.3. The molecule has 2 aromatic rings. The van der Waals surface area contributed by atoms with Crippen LogP contribution >= 0.6 is 0 Å². The van der Waals surface area contributed by atoms with E-state index < -0.39 is 10.0 Å². The van der Waals surface area contributed by atoms with E-state index in [1.165, 1.54) is 10.6 Å². The monoisotopic (exact) mass is 374 g/mol. The number of nitrogens with one attached hydrogen (secondary N) is 1. The Morgan fingerprint density at radius 2 is 1.77 bits per heavy atom. The van der Waals surface area contributed by atoms with Gasteiger partial charge in [0, 0.05) is 24.7 Å². The molecule has 1 unspecified atom stereocenters. The highest BCUT2D eigenvalue weighted by atomic mass is 32.2. The van der Waals surface area contributed by atoms with Gasteiger partial charge in [-0.2, -0.15) is 4.31 Å². The first-order chi connectivity index (χ1) is 12.2. The zero-order valence-corrected chi connectivity index (χ0v) is 16.5. The van der Waals surface area contributed by atoms with Crippen LogP contribution in [0.1, 0.15) is 36.1 Å². The van der Waals surface area contributed by atoms with E-state index in [-0.39, 0.29) is 24.9 Å². The molecular weight excluding hydrogens is 348 g/mol. The molecule has 0 aliphatic rings. The molecule has 2 rings (SSSR count). The van der Waals surface area contributed by atoms with Gasteiger partial charge in [-0.3, -0.25) is 4.79 Å². The SMILES string of the molecule is Cc1ccc(NC(=O)CCN(C(C)c2ccccc2)S(C)(=O)=O)c(C)c1. The van der Waals surface area contributed by atoms with E-state index in [2.05, 4.69) is 5.32 Å². The van der Waals surface area contributed by atoms with Gasteiger partial charge in [-0.25, -0.2) is 8.42 Å². The minimum absolute atomic E-state index is 0.0948. The van der Waals surface area contributed by atoms with E-state index in [9.17, 15) is 13.2 Å². The third-order valence-electron chi connectivity index (χ3n) is 4.36. The molecule has 140 valence electrons. The summed E-state index contributed by atoms with van der Waals surface area (Å²) in [6.07, 6.45) is 1.27. The van der Waals surface area contributed by atoms with Gasteiger partial charge in [-0.15, -0.1) is 0 Å². The van der Waals surface area contributed by atoms with Crippen LogP contribution < -0.4 is 5.32 Å². The van der Waals surface area contributed by atoms with Crippen molar-refractivity contribution in [2.24, 2.45) is 0 Å². The molecule has 0 aliphatic heterocycles. The maximum absolute atomic E-state index is 12.3. The Morgan fingerprint density at radius 1 is 1.12 bits per heavy atom. The summed E-state index contributed by atoms with van der Waals surface area (Å²) in [5.41, 5.74) is 3.76. The molecule has 0 saturated heterocycles. The number of amides is 1. The number of hydrogen-bond acceptors (Lipinski definition) is 3. The first-order valence-electron chi connectivity index (χ1n) is 8.57. The van der Waals surface area contributed by atoms with Crippen molar-refractivity contribution < 1.29 is 13.2 Å². The minimum atomic E-state index is -3.44. The van der Waals surface area contributed by atoms with Gasteiger partial charge in [0.2, 0.25) is 15.9 Å². The van der Waals surface area contributed by atoms with Crippen LogP contribution in [0.5, 0.6) is 0 Å². The topological polar surface area (TPSA) is 66.5 Å². The second kappa shape index (κ2) is 8.47. The Balaban J connectivity index is 2.06. The van der Waals surface area contributed by atoms with Crippen LogP contribution in [-0.2, 0) is 14.8 Å². The largest absolute Gasteiger partial charge is 0.326 e. The van der Waals surface area contributed by atoms with E-state index >= 15 is 0 Å². The average molecular weight is 375 g/mol. The number of hydrogen-bond donors (Lipinski definition) is 1. The fraction of sp³-hybridized carbons (Fsp3) is 0.350. The molecule has 0 saturated carbocycles. The van der Waals surface area contributed by atoms with Crippen LogP contribution in [-0.4, -0.2) is 31.4 Å². The number of rotatable bonds is 7. The van der Waals surface area contributed by atoms with Crippen molar-refractivity contribution in [1.82, 2.24) is 4.31 Å². The van der Waals surface area contributed by atoms with Crippen molar-refractivity contribution in [3.63, 3.8) is 0 Å². The van der Waals surface area contributed by atoms with Gasteiger partial charge in [0.1, 0.15) is 0 Å². The first kappa shape index (κ1) is 20.1. The van der Waals surface area contributed by atoms with Crippen LogP contribution in [0.3, 0.4) is 0 Å². The zero-order valence-electron chi connectivity index (χ0n) is 15.7. The molecule has 2 aromatic carbocycles. The predicted molar refractivity (Wildman–Crippen MR) is 106 cm³/mol. The normalized spacial score (nSPS) is 12.8. The molecule has 6 heteroatoms. The summed E-state index contributed by atoms with van der Waals surface area (Å²) >= 11 is 0. The number of carbonyl (C=O) groups is 1. The van der Waals surface area contributed by atoms with Crippen molar-refractivity contribution >= 4 is 21.6 Å². The molecule has 0 aromatic heterocycles. The Morgan fingerprint density at radius 3 is 2.35 bits per heavy atom. The summed E-state index contributed by atoms with van der Waals surface area (Å²) in [6, 6.07) is 14.9. The van der Waals surface area contributed by atoms with Crippen molar-refractivity contribution in [2.75, 3.05) is 18.1 Å². The predicted octanol–water partition coefficient (Wildman–Crippen LogP) is 3.65. The molecule has 0 radical (unpaired) electrons. The lowest BCUT2D eigenvalue weighted by Crippen LogP contribution is -2.35. The number of anilines is 1. The highest BCUT2D eigenvalue weighted by molar-refractivity contribution is 7.88. The van der Waals surface area contributed by atoms with Gasteiger partial charge < -0.3 is 5.32 Å². The lowest BCUT2D eigenvalue weighted by atomic mass is 10.1. The number of nitrogens with zero attached hydrogens (tertiary/aromatic N) is 1. The van der Waals surface area contributed by atoms with Crippen molar-refractivity contribution in [2.45, 2.75) is 33.2 Å². The molecule has 0 aliphatic carbocycles. The van der Waals surface area contributed by atoms with Crippen LogP contribution in [0.15, 0.2) is 48.5 Å². The fourth-order valence-electron chi connectivity index (χ4n) is 2.92. The molecule has 1 N–H and O–H groups in total. The van der Waals surface area contributed by atoms with E-state index in [1.807, 2.05) is 69.3 Å². The zero-order chi connectivity index (χ0) is 19.3. The Hall–Kier alpha value is -2.18. The Labute approximate surface area is 156 Å². The molecule has 1 atom stereocenters. The quantitative estimate of drug-likeness (QED) is 0.804. The number of sulfonamides is 1. The van der Waals surface area contributed by atoms with Crippen molar-refractivity contribution in [3.8, 4) is 0 Å². The van der Waals surface area contributed by atoms with Crippen molar-refractivity contribution in [3.05, 3.63) is 65.2 Å². The third kappa shape index (κ3) is 5.41. The highest BCUT2D eigenvalue weighted by Gasteiger charge is 2.25. The summed E-state index contributed by atoms with van der Waals surface area (Å²) in [7, 11) is -3.44. The van der Waals surface area contributed by atoms with Gasteiger partial charge in [-0.05, 0) is 38.0 Å². The standard InChI is InChI=1S/C20H26N2O3S/c1-15-10-11-19(16(2)14-15)21-20(23)12-13-22(26(4,24)25)17(3)18-8-6-5-7-9-18/h5-11,14,17H,12-13H2,1-4H3,(H,21,23). The Bertz CT molecular complexity index is 864. The molecule has 0 bridgehead atoms. The lowest BCUT2D eigenvalue weighted by Gasteiger charge is -2.27. The van der Waals surface area contributed by atoms with Gasteiger partial charge in [0.05, 0.1) is 6.26 Å². The number of carbonyl (C=O) groups excluding carboxylic acids is 1. The fourth-order valence-corrected chi connectivity index (χ4v) is 4.04. The third-order valence-corrected chi connectivity index (χ3v) is 5.71. The van der Waals surface area contributed by atoms with Crippen molar-refractivity contribution in [1.29, 1.82) is 0 Å². The molecular formula is C20H26N2O3S. The molecule has 0 fully saturated rings. The number of aryl methyl sites for hydroxylation is 2. The highest BCUT2D eigenvalue weighted by Crippen LogP contribution is 2.23. The van der Waals surface area contributed by atoms with Crippen LogP contribution in [0.4, 0.5) is 5.69 Å². The van der Waals surface area contributed by atoms with Gasteiger partial charge in [0.15, 0.2) is 0 Å². The first-order valence-corrected chi connectivity index (χ1v) is 10.4. The molecule has 0 spiro atoms. The van der Waals surface area contributed by atoms with Gasteiger partial charge in [0.25, 0.3) is 0 Å². The van der Waals surface area contributed by atoms with Gasteiger partial charge >= 0.3 is 0 Å². The maximum Gasteiger partial charge on any atom is 0.225 e. The van der Waals surface area contributed by atoms with E-state index in [1.54, 1.807) is 0 Å². The molecule has 1 amide bonds.